The summed E-state index contributed by atoms with van der Waals surface area (Å²) < 4.78 is 6.21. The first-order valence-electron chi connectivity index (χ1n) is 10.0. The van der Waals surface area contributed by atoms with Crippen molar-refractivity contribution in [3.63, 3.8) is 0 Å². The fourth-order valence-electron chi connectivity index (χ4n) is 5.91. The van der Waals surface area contributed by atoms with Crippen molar-refractivity contribution in [1.29, 1.82) is 0 Å². The summed E-state index contributed by atoms with van der Waals surface area (Å²) >= 11 is 3.03. The number of thioether (sulfide) groups is 1. The average molecular weight is 416 g/mol. The molecular weight excluding hydrogens is 390 g/mol. The van der Waals surface area contributed by atoms with Crippen LogP contribution in [0.3, 0.4) is 0 Å². The highest BCUT2D eigenvalue weighted by atomic mass is 32.2. The Kier molecular flexibility index (Phi) is 4.83. The van der Waals surface area contributed by atoms with Gasteiger partial charge in [-0.15, -0.1) is 10.2 Å². The largest absolute Gasteiger partial charge is 0.495 e. The van der Waals surface area contributed by atoms with Gasteiger partial charge in [0.2, 0.25) is 5.13 Å². The van der Waals surface area contributed by atoms with Gasteiger partial charge in [0.25, 0.3) is 0 Å². The number of Topliss-reactive ketones (excluding diaryl/α,β-unsaturated/α-hetero) is 1. The van der Waals surface area contributed by atoms with Gasteiger partial charge in [0.05, 0.1) is 18.6 Å². The fraction of sp³-hybridized carbons (Fsp3) is 0.571. The Morgan fingerprint density at radius 3 is 2.54 bits per heavy atom. The van der Waals surface area contributed by atoms with E-state index in [0.717, 1.165) is 52.8 Å². The smallest absolute Gasteiger partial charge is 0.210 e. The van der Waals surface area contributed by atoms with Gasteiger partial charge in [0, 0.05) is 5.41 Å². The molecule has 4 saturated carbocycles. The van der Waals surface area contributed by atoms with Gasteiger partial charge in [-0.2, -0.15) is 0 Å². The van der Waals surface area contributed by atoms with Crippen molar-refractivity contribution in [3.05, 3.63) is 24.3 Å². The molecule has 4 bridgehead atoms. The number of para-hydroxylation sites is 2. The summed E-state index contributed by atoms with van der Waals surface area (Å²) in [7, 11) is 1.65. The molecule has 4 aliphatic carbocycles. The van der Waals surface area contributed by atoms with Crippen molar-refractivity contribution in [2.45, 2.75) is 42.9 Å². The monoisotopic (exact) mass is 415 g/mol. The van der Waals surface area contributed by atoms with Gasteiger partial charge < -0.3 is 10.1 Å². The molecule has 4 fully saturated rings. The maximum absolute atomic E-state index is 13.2. The molecule has 148 valence electrons. The maximum atomic E-state index is 13.2. The lowest BCUT2D eigenvalue weighted by molar-refractivity contribution is -0.141. The number of hydrogen-bond acceptors (Lipinski definition) is 7. The van der Waals surface area contributed by atoms with Crippen LogP contribution in [0, 0.1) is 23.2 Å². The standard InChI is InChI=1S/C21H25N3O2S2/c1-26-17-5-3-2-4-16(17)22-19-23-24-20(28-19)27-12-18(25)21-9-13-6-14(10-21)8-15(7-13)11-21/h2-5,13-15H,6-12H2,1H3,(H,22,23). The van der Waals surface area contributed by atoms with E-state index >= 15 is 0 Å². The maximum Gasteiger partial charge on any atom is 0.210 e. The first kappa shape index (κ1) is 18.4. The first-order valence-corrected chi connectivity index (χ1v) is 11.8. The van der Waals surface area contributed by atoms with Crippen molar-refractivity contribution < 1.29 is 9.53 Å². The van der Waals surface area contributed by atoms with Gasteiger partial charge >= 0.3 is 0 Å². The molecule has 6 rings (SSSR count). The van der Waals surface area contributed by atoms with Gasteiger partial charge in [0.15, 0.2) is 4.34 Å². The van der Waals surface area contributed by atoms with Gasteiger partial charge in [-0.05, 0) is 68.4 Å². The van der Waals surface area contributed by atoms with Crippen LogP contribution >= 0.6 is 23.1 Å². The molecule has 1 aromatic carbocycles. The zero-order chi connectivity index (χ0) is 19.1. The molecule has 0 aliphatic heterocycles. The third-order valence-corrected chi connectivity index (χ3v) is 8.68. The highest BCUT2D eigenvalue weighted by Gasteiger charge is 2.54. The summed E-state index contributed by atoms with van der Waals surface area (Å²) in [5.41, 5.74) is 0.840. The van der Waals surface area contributed by atoms with E-state index in [1.54, 1.807) is 18.9 Å². The lowest BCUT2D eigenvalue weighted by Crippen LogP contribution is -2.50. The van der Waals surface area contributed by atoms with Gasteiger partial charge in [-0.1, -0.05) is 35.2 Å². The van der Waals surface area contributed by atoms with Crippen LogP contribution in [0.1, 0.15) is 38.5 Å². The second-order valence-corrected chi connectivity index (χ2v) is 10.8. The number of ether oxygens (including phenoxy) is 1. The van der Waals surface area contributed by atoms with E-state index in [1.165, 1.54) is 30.6 Å². The summed E-state index contributed by atoms with van der Waals surface area (Å²) in [4.78, 5) is 13.2. The van der Waals surface area contributed by atoms with E-state index in [1.807, 2.05) is 24.3 Å². The molecule has 0 saturated heterocycles. The fourth-order valence-corrected chi connectivity index (χ4v) is 7.71. The Balaban J connectivity index is 1.21. The molecule has 0 amide bonds. The predicted octanol–water partition coefficient (Wildman–Crippen LogP) is 5.17. The van der Waals surface area contributed by atoms with Crippen molar-refractivity contribution in [3.8, 4) is 5.75 Å². The highest BCUT2D eigenvalue weighted by Crippen LogP contribution is 2.60. The Labute approximate surface area is 173 Å². The topological polar surface area (TPSA) is 64.1 Å². The number of hydrogen-bond donors (Lipinski definition) is 1. The second-order valence-electron chi connectivity index (χ2n) is 8.61. The Morgan fingerprint density at radius 1 is 1.18 bits per heavy atom. The molecule has 0 radical (unpaired) electrons. The number of nitrogens with zero attached hydrogens (tertiary/aromatic N) is 2. The summed E-state index contributed by atoms with van der Waals surface area (Å²) in [6, 6.07) is 7.74. The number of nitrogens with one attached hydrogen (secondary N) is 1. The van der Waals surface area contributed by atoms with E-state index in [9.17, 15) is 4.79 Å². The summed E-state index contributed by atoms with van der Waals surface area (Å²) in [6.45, 7) is 0. The van der Waals surface area contributed by atoms with Gasteiger partial charge in [-0.3, -0.25) is 4.79 Å². The van der Waals surface area contributed by atoms with E-state index < -0.39 is 0 Å². The number of methoxy groups -OCH3 is 1. The number of anilines is 2. The molecule has 5 nitrogen and oxygen atoms in total. The van der Waals surface area contributed by atoms with Gasteiger partial charge in [0.1, 0.15) is 11.5 Å². The minimum absolute atomic E-state index is 0.0229. The van der Waals surface area contributed by atoms with Crippen molar-refractivity contribution >= 4 is 39.7 Å². The quantitative estimate of drug-likeness (QED) is 0.630. The number of ketones is 1. The third-order valence-electron chi connectivity index (χ3n) is 6.71. The minimum Gasteiger partial charge on any atom is -0.495 e. The molecule has 1 N–H and O–H groups in total. The molecule has 0 atom stereocenters. The van der Waals surface area contributed by atoms with Crippen LogP contribution in [0.2, 0.25) is 0 Å². The number of aromatic nitrogens is 2. The van der Waals surface area contributed by atoms with Crippen molar-refractivity contribution in [1.82, 2.24) is 10.2 Å². The van der Waals surface area contributed by atoms with Crippen LogP contribution in [-0.4, -0.2) is 28.8 Å². The molecule has 0 spiro atoms. The van der Waals surface area contributed by atoms with Crippen molar-refractivity contribution in [2.75, 3.05) is 18.2 Å². The molecule has 0 unspecified atom stereocenters. The lowest BCUT2D eigenvalue weighted by Gasteiger charge is -2.56. The van der Waals surface area contributed by atoms with E-state index in [0.29, 0.717) is 16.7 Å². The number of rotatable bonds is 7. The Hall–Kier alpha value is -1.60. The zero-order valence-electron chi connectivity index (χ0n) is 16.0. The van der Waals surface area contributed by atoms with Crippen LogP contribution in [0.25, 0.3) is 0 Å². The molecule has 28 heavy (non-hydrogen) atoms. The Morgan fingerprint density at radius 2 is 1.86 bits per heavy atom. The predicted molar refractivity (Wildman–Crippen MR) is 113 cm³/mol. The molecule has 1 aromatic heterocycles. The van der Waals surface area contributed by atoms with Crippen LogP contribution < -0.4 is 10.1 Å². The molecule has 7 heteroatoms. The first-order chi connectivity index (χ1) is 13.6. The molecular formula is C21H25N3O2S2. The van der Waals surface area contributed by atoms with E-state index in [-0.39, 0.29) is 5.41 Å². The minimum atomic E-state index is -0.0229. The Bertz CT molecular complexity index is 847. The molecule has 2 aromatic rings. The number of benzene rings is 1. The SMILES string of the molecule is COc1ccccc1Nc1nnc(SCC(=O)C23CC4CC(CC(C4)C2)C3)s1. The average Bonchev–Trinajstić information content (AvgIpc) is 3.13. The van der Waals surface area contributed by atoms with Gasteiger partial charge in [-0.25, -0.2) is 0 Å². The van der Waals surface area contributed by atoms with E-state index in [2.05, 4.69) is 15.5 Å². The van der Waals surface area contributed by atoms with Crippen LogP contribution in [-0.2, 0) is 4.79 Å². The summed E-state index contributed by atoms with van der Waals surface area (Å²) in [5.74, 6) is 4.15. The normalized spacial score (nSPS) is 30.4. The molecule has 4 aliphatic rings. The number of carbonyl (C=O) groups is 1. The van der Waals surface area contributed by atoms with Crippen molar-refractivity contribution in [2.24, 2.45) is 23.2 Å². The summed E-state index contributed by atoms with van der Waals surface area (Å²) in [5, 5.41) is 12.5. The second kappa shape index (κ2) is 7.34. The van der Waals surface area contributed by atoms with Crippen LogP contribution in [0.4, 0.5) is 10.8 Å². The molecule has 1 heterocycles. The van der Waals surface area contributed by atoms with Crippen LogP contribution in [0.15, 0.2) is 28.6 Å². The third kappa shape index (κ3) is 3.43. The highest BCUT2D eigenvalue weighted by molar-refractivity contribution is 8.01. The lowest BCUT2D eigenvalue weighted by atomic mass is 9.48. The van der Waals surface area contributed by atoms with Crippen LogP contribution in [0.5, 0.6) is 5.75 Å². The summed E-state index contributed by atoms with van der Waals surface area (Å²) in [6.07, 6.45) is 7.51. The number of carbonyl (C=O) groups excluding carboxylic acids is 1. The van der Waals surface area contributed by atoms with E-state index in [4.69, 9.17) is 4.74 Å². The zero-order valence-corrected chi connectivity index (χ0v) is 17.7.